The Hall–Kier alpha value is -0.910. The van der Waals surface area contributed by atoms with Crippen molar-refractivity contribution in [3.8, 4) is 5.88 Å². The number of ether oxygens (including phenoxy) is 1. The van der Waals surface area contributed by atoms with Crippen molar-refractivity contribution in [2.45, 2.75) is 0 Å². The fourth-order valence-electron chi connectivity index (χ4n) is 1.06. The molecule has 2 aromatic rings. The molecule has 0 aliphatic heterocycles. The van der Waals surface area contributed by atoms with Crippen LogP contribution in [-0.2, 0) is 0 Å². The fraction of sp³-hybridized carbons (Fsp3) is 0.250. The Kier molecular flexibility index (Phi) is 2.81. The highest BCUT2D eigenvalue weighted by Crippen LogP contribution is 2.27. The van der Waals surface area contributed by atoms with Gasteiger partial charge in [0.2, 0.25) is 11.2 Å². The van der Waals surface area contributed by atoms with E-state index in [0.29, 0.717) is 5.88 Å². The second kappa shape index (κ2) is 4.08. The van der Waals surface area contributed by atoms with Crippen molar-refractivity contribution in [1.82, 2.24) is 9.97 Å². The molecule has 4 nitrogen and oxygen atoms in total. The van der Waals surface area contributed by atoms with E-state index in [4.69, 9.17) is 21.4 Å². The van der Waals surface area contributed by atoms with Crippen LogP contribution in [0.5, 0.6) is 5.88 Å². The molecule has 0 aliphatic rings. The Morgan fingerprint density at radius 1 is 1.50 bits per heavy atom. The Balaban J connectivity index is 2.44. The highest BCUT2D eigenvalue weighted by Gasteiger charge is 2.08. The third kappa shape index (κ3) is 1.79. The van der Waals surface area contributed by atoms with Crippen molar-refractivity contribution in [2.24, 2.45) is 0 Å². The molecular weight excluding hydrogens is 224 g/mol. The second-order valence-electron chi connectivity index (χ2n) is 2.51. The van der Waals surface area contributed by atoms with Crippen LogP contribution >= 0.6 is 22.9 Å². The van der Waals surface area contributed by atoms with Crippen LogP contribution in [0.4, 0.5) is 0 Å². The Morgan fingerprint density at radius 2 is 2.36 bits per heavy atom. The Morgan fingerprint density at radius 3 is 3.14 bits per heavy atom. The van der Waals surface area contributed by atoms with E-state index in [1.54, 1.807) is 0 Å². The molecule has 0 saturated heterocycles. The van der Waals surface area contributed by atoms with Gasteiger partial charge in [-0.25, -0.2) is 4.98 Å². The summed E-state index contributed by atoms with van der Waals surface area (Å²) < 4.78 is 5.23. The summed E-state index contributed by atoms with van der Waals surface area (Å²) >= 11 is 7.17. The molecule has 0 fully saturated rings. The number of aliphatic hydroxyl groups is 1. The van der Waals surface area contributed by atoms with Gasteiger partial charge in [0.1, 0.15) is 11.4 Å². The molecule has 0 unspecified atom stereocenters. The summed E-state index contributed by atoms with van der Waals surface area (Å²) in [6.45, 7) is 0.158. The Labute approximate surface area is 89.1 Å². The molecular formula is C8H7ClN2O2S. The third-order valence-corrected chi connectivity index (χ3v) is 2.57. The van der Waals surface area contributed by atoms with Gasteiger partial charge in [0, 0.05) is 0 Å². The van der Waals surface area contributed by atoms with Gasteiger partial charge >= 0.3 is 0 Å². The van der Waals surface area contributed by atoms with E-state index in [-0.39, 0.29) is 18.5 Å². The number of fused-ring (bicyclic) bond motifs is 1. The lowest BCUT2D eigenvalue weighted by Gasteiger charge is -2.03. The fourth-order valence-corrected chi connectivity index (χ4v) is 2.02. The first kappa shape index (κ1) is 9.64. The number of thiophene rings is 1. The topological polar surface area (TPSA) is 55.2 Å². The number of halogens is 1. The average Bonchev–Trinajstić information content (AvgIpc) is 2.61. The summed E-state index contributed by atoms with van der Waals surface area (Å²) in [4.78, 5) is 8.76. The summed E-state index contributed by atoms with van der Waals surface area (Å²) in [5, 5.41) is 11.5. The summed E-state index contributed by atoms with van der Waals surface area (Å²) in [5.41, 5.74) is 0. The van der Waals surface area contributed by atoms with Gasteiger partial charge in [0.15, 0.2) is 0 Å². The molecule has 2 aromatic heterocycles. The first-order valence-electron chi connectivity index (χ1n) is 3.95. The largest absolute Gasteiger partial charge is 0.475 e. The number of aliphatic hydroxyl groups excluding tert-OH is 1. The predicted octanol–water partition coefficient (Wildman–Crippen LogP) is 1.72. The van der Waals surface area contributed by atoms with Crippen molar-refractivity contribution in [3.05, 3.63) is 16.7 Å². The standard InChI is InChI=1S/C8H7ClN2O2S/c9-8-10-6(13-3-2-12)5-1-4-14-7(5)11-8/h1,4,12H,2-3H2. The van der Waals surface area contributed by atoms with Crippen molar-refractivity contribution < 1.29 is 9.84 Å². The van der Waals surface area contributed by atoms with Gasteiger partial charge in [-0.2, -0.15) is 4.98 Å². The zero-order valence-corrected chi connectivity index (χ0v) is 8.68. The Bertz CT molecular complexity index is 446. The zero-order chi connectivity index (χ0) is 9.97. The van der Waals surface area contributed by atoms with Crippen LogP contribution in [0.25, 0.3) is 10.2 Å². The van der Waals surface area contributed by atoms with Crippen molar-refractivity contribution in [2.75, 3.05) is 13.2 Å². The lowest BCUT2D eigenvalue weighted by Crippen LogP contribution is -2.03. The maximum absolute atomic E-state index is 8.62. The second-order valence-corrected chi connectivity index (χ2v) is 3.74. The maximum Gasteiger partial charge on any atom is 0.227 e. The normalized spacial score (nSPS) is 10.7. The lowest BCUT2D eigenvalue weighted by atomic mass is 10.4. The molecule has 0 bridgehead atoms. The summed E-state index contributed by atoms with van der Waals surface area (Å²) in [6.07, 6.45) is 0. The van der Waals surface area contributed by atoms with Crippen molar-refractivity contribution >= 4 is 33.2 Å². The van der Waals surface area contributed by atoms with Gasteiger partial charge in [0.05, 0.1) is 12.0 Å². The van der Waals surface area contributed by atoms with Gasteiger partial charge in [-0.15, -0.1) is 11.3 Å². The lowest BCUT2D eigenvalue weighted by molar-refractivity contribution is 0.198. The molecule has 0 spiro atoms. The van der Waals surface area contributed by atoms with Crippen LogP contribution in [0.1, 0.15) is 0 Å². The average molecular weight is 231 g/mol. The summed E-state index contributed by atoms with van der Waals surface area (Å²) in [5.74, 6) is 0.426. The highest BCUT2D eigenvalue weighted by molar-refractivity contribution is 7.16. The van der Waals surface area contributed by atoms with Crippen LogP contribution in [-0.4, -0.2) is 28.3 Å². The first-order valence-corrected chi connectivity index (χ1v) is 5.21. The maximum atomic E-state index is 8.62. The molecule has 0 atom stereocenters. The number of hydrogen-bond donors (Lipinski definition) is 1. The minimum Gasteiger partial charge on any atom is -0.475 e. The van der Waals surface area contributed by atoms with Gasteiger partial charge in [-0.1, -0.05) is 0 Å². The first-order chi connectivity index (χ1) is 6.81. The molecule has 14 heavy (non-hydrogen) atoms. The summed E-state index contributed by atoms with van der Waals surface area (Å²) in [7, 11) is 0. The SMILES string of the molecule is OCCOc1nc(Cl)nc2sccc12. The van der Waals surface area contributed by atoms with Gasteiger partial charge < -0.3 is 9.84 Å². The van der Waals surface area contributed by atoms with E-state index in [1.165, 1.54) is 11.3 Å². The van der Waals surface area contributed by atoms with Gasteiger partial charge in [-0.3, -0.25) is 0 Å². The number of rotatable bonds is 3. The molecule has 0 aliphatic carbocycles. The number of nitrogens with zero attached hydrogens (tertiary/aromatic N) is 2. The minimum absolute atomic E-state index is 0.0484. The van der Waals surface area contributed by atoms with Crippen molar-refractivity contribution in [1.29, 1.82) is 0 Å². The number of aromatic nitrogens is 2. The zero-order valence-electron chi connectivity index (χ0n) is 7.11. The van der Waals surface area contributed by atoms with E-state index in [9.17, 15) is 0 Å². The molecule has 0 amide bonds. The van der Waals surface area contributed by atoms with Gasteiger partial charge in [-0.05, 0) is 23.0 Å². The van der Waals surface area contributed by atoms with Crippen LogP contribution in [0.3, 0.4) is 0 Å². The van der Waals surface area contributed by atoms with Crippen LogP contribution in [0.15, 0.2) is 11.4 Å². The molecule has 0 saturated carbocycles. The monoisotopic (exact) mass is 230 g/mol. The van der Waals surface area contributed by atoms with Crippen LogP contribution in [0, 0.1) is 0 Å². The summed E-state index contributed by atoms with van der Waals surface area (Å²) in [6, 6.07) is 1.86. The minimum atomic E-state index is -0.0484. The molecule has 0 aromatic carbocycles. The van der Waals surface area contributed by atoms with Crippen molar-refractivity contribution in [3.63, 3.8) is 0 Å². The third-order valence-electron chi connectivity index (χ3n) is 1.59. The molecule has 6 heteroatoms. The molecule has 2 heterocycles. The van der Waals surface area contributed by atoms with E-state index in [2.05, 4.69) is 9.97 Å². The van der Waals surface area contributed by atoms with E-state index >= 15 is 0 Å². The van der Waals surface area contributed by atoms with E-state index < -0.39 is 0 Å². The van der Waals surface area contributed by atoms with Crippen LogP contribution < -0.4 is 4.74 Å². The quantitative estimate of drug-likeness (QED) is 0.816. The molecule has 2 rings (SSSR count). The predicted molar refractivity (Wildman–Crippen MR) is 55.0 cm³/mol. The highest BCUT2D eigenvalue weighted by atomic mass is 35.5. The number of hydrogen-bond acceptors (Lipinski definition) is 5. The van der Waals surface area contributed by atoms with E-state index in [1.807, 2.05) is 11.4 Å². The molecule has 74 valence electrons. The molecule has 0 radical (unpaired) electrons. The van der Waals surface area contributed by atoms with Crippen LogP contribution in [0.2, 0.25) is 5.28 Å². The van der Waals surface area contributed by atoms with E-state index in [0.717, 1.165) is 10.2 Å². The molecule has 1 N–H and O–H groups in total. The smallest absolute Gasteiger partial charge is 0.227 e. The van der Waals surface area contributed by atoms with Gasteiger partial charge in [0.25, 0.3) is 0 Å².